The molecule has 2 bridgehead atoms. The van der Waals surface area contributed by atoms with Gasteiger partial charge in [0.25, 0.3) is 5.91 Å². The summed E-state index contributed by atoms with van der Waals surface area (Å²) in [4.78, 5) is 40.2. The number of nitrogens with one attached hydrogen (secondary N) is 2. The lowest BCUT2D eigenvalue weighted by atomic mass is 9.87. The largest absolute Gasteiger partial charge is 0.379 e. The summed E-state index contributed by atoms with van der Waals surface area (Å²) in [5, 5.41) is 14.6. The second-order valence-corrected chi connectivity index (χ2v) is 10.2. The highest BCUT2D eigenvalue weighted by Gasteiger charge is 2.44. The van der Waals surface area contributed by atoms with Gasteiger partial charge in [0.1, 0.15) is 12.2 Å². The SMILES string of the molecule is CC(=O)Nc1cc(C2CC3CCC(C2)N3C(=O)C(N)=NC=N)nc2c(-c3ccc(-c4ccccc4)nc3)cnn12. The van der Waals surface area contributed by atoms with Crippen molar-refractivity contribution in [3.05, 3.63) is 66.6 Å². The predicted molar refractivity (Wildman–Crippen MR) is 152 cm³/mol. The molecule has 0 aliphatic carbocycles. The molecule has 0 saturated carbocycles. The number of carbonyl (C=O) groups is 2. The molecule has 2 aliphatic rings. The van der Waals surface area contributed by atoms with Gasteiger partial charge >= 0.3 is 0 Å². The van der Waals surface area contributed by atoms with Crippen molar-refractivity contribution >= 4 is 35.5 Å². The number of hydrogen-bond acceptors (Lipinski definition) is 6. The molecule has 0 radical (unpaired) electrons. The molecule has 202 valence electrons. The number of piperidine rings is 1. The van der Waals surface area contributed by atoms with Crippen LogP contribution in [0.5, 0.6) is 0 Å². The Hall–Kier alpha value is -4.93. The van der Waals surface area contributed by atoms with Crippen LogP contribution < -0.4 is 11.1 Å². The van der Waals surface area contributed by atoms with Crippen molar-refractivity contribution in [1.82, 2.24) is 24.5 Å². The minimum Gasteiger partial charge on any atom is -0.379 e. The maximum absolute atomic E-state index is 12.9. The first-order chi connectivity index (χ1) is 19.4. The summed E-state index contributed by atoms with van der Waals surface area (Å²) < 4.78 is 1.65. The minimum atomic E-state index is -0.318. The quantitative estimate of drug-likeness (QED) is 0.262. The number of amides is 2. The molecule has 2 unspecified atom stereocenters. The summed E-state index contributed by atoms with van der Waals surface area (Å²) in [7, 11) is 0. The molecule has 11 heteroatoms. The molecule has 11 nitrogen and oxygen atoms in total. The number of hydrogen-bond donors (Lipinski definition) is 3. The van der Waals surface area contributed by atoms with Crippen LogP contribution in [0.2, 0.25) is 0 Å². The number of nitrogens with zero attached hydrogens (tertiary/aromatic N) is 6. The van der Waals surface area contributed by atoms with E-state index in [1.807, 2.05) is 59.6 Å². The van der Waals surface area contributed by atoms with Gasteiger partial charge in [-0.3, -0.25) is 20.0 Å². The van der Waals surface area contributed by atoms with E-state index in [2.05, 4.69) is 20.4 Å². The first kappa shape index (κ1) is 25.4. The summed E-state index contributed by atoms with van der Waals surface area (Å²) in [6.07, 6.45) is 7.55. The highest BCUT2D eigenvalue weighted by atomic mass is 16.2. The predicted octanol–water partition coefficient (Wildman–Crippen LogP) is 3.62. The summed E-state index contributed by atoms with van der Waals surface area (Å²) in [6.45, 7) is 1.47. The van der Waals surface area contributed by atoms with Crippen LogP contribution in [-0.4, -0.2) is 60.6 Å². The molecule has 1 aromatic carbocycles. The van der Waals surface area contributed by atoms with Crippen LogP contribution in [-0.2, 0) is 9.59 Å². The average molecular weight is 536 g/mol. The Morgan fingerprint density at radius 2 is 1.82 bits per heavy atom. The summed E-state index contributed by atoms with van der Waals surface area (Å²) in [6, 6.07) is 15.9. The summed E-state index contributed by atoms with van der Waals surface area (Å²) in [5.74, 6) is -0.0529. The van der Waals surface area contributed by atoms with E-state index in [0.29, 0.717) is 11.5 Å². The third kappa shape index (κ3) is 4.59. The van der Waals surface area contributed by atoms with Gasteiger partial charge in [0.2, 0.25) is 5.91 Å². The molecule has 3 aromatic heterocycles. The lowest BCUT2D eigenvalue weighted by Crippen LogP contribution is -2.50. The molecule has 2 amide bonds. The molecule has 0 spiro atoms. The Morgan fingerprint density at radius 1 is 1.07 bits per heavy atom. The molecular weight excluding hydrogens is 506 g/mol. The molecule has 2 fully saturated rings. The first-order valence-electron chi connectivity index (χ1n) is 13.3. The van der Waals surface area contributed by atoms with Gasteiger partial charge in [0.05, 0.1) is 11.9 Å². The van der Waals surface area contributed by atoms with E-state index in [1.54, 1.807) is 10.7 Å². The number of carbonyl (C=O) groups excluding carboxylic acids is 2. The van der Waals surface area contributed by atoms with E-state index in [4.69, 9.17) is 16.1 Å². The molecule has 2 saturated heterocycles. The van der Waals surface area contributed by atoms with E-state index in [0.717, 1.165) is 60.1 Å². The van der Waals surface area contributed by atoms with Gasteiger partial charge in [-0.05, 0) is 31.7 Å². The maximum atomic E-state index is 12.9. The maximum Gasteiger partial charge on any atom is 0.289 e. The van der Waals surface area contributed by atoms with Gasteiger partial charge < -0.3 is 16.0 Å². The van der Waals surface area contributed by atoms with E-state index >= 15 is 0 Å². The highest BCUT2D eigenvalue weighted by Crippen LogP contribution is 2.43. The molecule has 2 atom stereocenters. The van der Waals surface area contributed by atoms with Crippen molar-refractivity contribution in [3.8, 4) is 22.4 Å². The standard InChI is InChI=1S/C29H29N9O2/c1-17(39)35-26-13-25(20-11-21-8-9-22(12-20)37(21)29(40)27(31)33-16-30)36-28-23(15-34-38(26)28)19-7-10-24(32-14-19)18-5-3-2-4-6-18/h2-7,10,13-16,20-22H,8-9,11-12H2,1H3,(H,35,39)(H3,30,31,33). The van der Waals surface area contributed by atoms with Gasteiger partial charge in [-0.25, -0.2) is 9.98 Å². The number of nitrogens with two attached hydrogens (primary N) is 1. The van der Waals surface area contributed by atoms with Crippen molar-refractivity contribution in [1.29, 1.82) is 5.41 Å². The topological polar surface area (TPSA) is 155 Å². The zero-order valence-electron chi connectivity index (χ0n) is 22.0. The lowest BCUT2D eigenvalue weighted by molar-refractivity contribution is -0.128. The van der Waals surface area contributed by atoms with Crippen LogP contribution in [0.15, 0.2) is 65.9 Å². The molecular formula is C29H29N9O2. The van der Waals surface area contributed by atoms with Crippen molar-refractivity contribution in [2.45, 2.75) is 50.6 Å². The van der Waals surface area contributed by atoms with Crippen LogP contribution in [0.25, 0.3) is 28.0 Å². The fraction of sp³-hybridized carbons (Fsp3) is 0.276. The monoisotopic (exact) mass is 535 g/mol. The van der Waals surface area contributed by atoms with Crippen LogP contribution in [0.1, 0.15) is 44.2 Å². The van der Waals surface area contributed by atoms with E-state index in [9.17, 15) is 9.59 Å². The van der Waals surface area contributed by atoms with Gasteiger partial charge in [0, 0.05) is 59.6 Å². The Bertz CT molecular complexity index is 1610. The number of rotatable bonds is 5. The van der Waals surface area contributed by atoms with Crippen LogP contribution in [0, 0.1) is 5.41 Å². The molecule has 2 aliphatic heterocycles. The Morgan fingerprint density at radius 3 is 2.48 bits per heavy atom. The van der Waals surface area contributed by atoms with Gasteiger partial charge in [-0.1, -0.05) is 36.4 Å². The second-order valence-electron chi connectivity index (χ2n) is 10.2. The Balaban J connectivity index is 1.35. The van der Waals surface area contributed by atoms with Crippen LogP contribution in [0.3, 0.4) is 0 Å². The number of aliphatic imine (C=N–C) groups is 1. The van der Waals surface area contributed by atoms with Crippen molar-refractivity contribution in [2.24, 2.45) is 10.7 Å². The fourth-order valence-corrected chi connectivity index (χ4v) is 6.00. The smallest absolute Gasteiger partial charge is 0.289 e. The third-order valence-corrected chi connectivity index (χ3v) is 7.75. The lowest BCUT2D eigenvalue weighted by Gasteiger charge is -2.38. The van der Waals surface area contributed by atoms with Gasteiger partial charge in [-0.2, -0.15) is 9.61 Å². The zero-order chi connectivity index (χ0) is 27.8. The number of pyridine rings is 1. The Labute approximate surface area is 230 Å². The van der Waals surface area contributed by atoms with Crippen molar-refractivity contribution < 1.29 is 9.59 Å². The molecule has 40 heavy (non-hydrogen) atoms. The van der Waals surface area contributed by atoms with E-state index < -0.39 is 0 Å². The van der Waals surface area contributed by atoms with Gasteiger partial charge in [-0.15, -0.1) is 0 Å². The third-order valence-electron chi connectivity index (χ3n) is 7.75. The molecule has 5 heterocycles. The average Bonchev–Trinajstić information content (AvgIpc) is 3.51. The molecule has 4 aromatic rings. The minimum absolute atomic E-state index is 0.0112. The van der Waals surface area contributed by atoms with Crippen LogP contribution >= 0.6 is 0 Å². The number of fused-ring (bicyclic) bond motifs is 3. The number of anilines is 1. The van der Waals surface area contributed by atoms with E-state index in [1.165, 1.54) is 6.92 Å². The second kappa shape index (κ2) is 10.3. The van der Waals surface area contributed by atoms with Crippen molar-refractivity contribution in [2.75, 3.05) is 5.32 Å². The van der Waals surface area contributed by atoms with E-state index in [-0.39, 0.29) is 35.7 Å². The van der Waals surface area contributed by atoms with Crippen LogP contribution in [0.4, 0.5) is 5.82 Å². The summed E-state index contributed by atoms with van der Waals surface area (Å²) in [5.41, 5.74) is 10.9. The molecule has 4 N–H and O–H groups in total. The first-order valence-corrected chi connectivity index (χ1v) is 13.3. The number of amidine groups is 1. The number of benzene rings is 1. The summed E-state index contributed by atoms with van der Waals surface area (Å²) >= 11 is 0. The highest BCUT2D eigenvalue weighted by molar-refractivity contribution is 6.38. The molecule has 6 rings (SSSR count). The number of aromatic nitrogens is 4. The zero-order valence-corrected chi connectivity index (χ0v) is 22.0. The van der Waals surface area contributed by atoms with Gasteiger partial charge in [0.15, 0.2) is 11.5 Å². The van der Waals surface area contributed by atoms with Crippen molar-refractivity contribution in [3.63, 3.8) is 0 Å². The Kier molecular flexibility index (Phi) is 6.54. The normalized spacial score (nSPS) is 20.5. The fourth-order valence-electron chi connectivity index (χ4n) is 6.00.